The first-order valence-electron chi connectivity index (χ1n) is 9.99. The van der Waals surface area contributed by atoms with E-state index in [-0.39, 0.29) is 17.9 Å². The fourth-order valence-electron chi connectivity index (χ4n) is 3.54. The molecule has 1 N–H and O–H groups in total. The van der Waals surface area contributed by atoms with Gasteiger partial charge < -0.3 is 10.1 Å². The molecule has 0 radical (unpaired) electrons. The zero-order chi connectivity index (χ0) is 19.9. The molecule has 0 saturated carbocycles. The third kappa shape index (κ3) is 6.25. The van der Waals surface area contributed by atoms with E-state index in [1.54, 1.807) is 0 Å². The van der Waals surface area contributed by atoms with Gasteiger partial charge in [0.15, 0.2) is 0 Å². The van der Waals surface area contributed by atoms with Crippen LogP contribution in [0.4, 0.5) is 0 Å². The van der Waals surface area contributed by atoms with Gasteiger partial charge in [-0.3, -0.25) is 9.69 Å². The van der Waals surface area contributed by atoms with Crippen LogP contribution in [-0.4, -0.2) is 30.0 Å². The second-order valence-electron chi connectivity index (χ2n) is 7.71. The van der Waals surface area contributed by atoms with Gasteiger partial charge in [-0.05, 0) is 75.2 Å². The van der Waals surface area contributed by atoms with Crippen molar-refractivity contribution in [1.82, 2.24) is 10.2 Å². The van der Waals surface area contributed by atoms with Crippen molar-refractivity contribution in [3.63, 3.8) is 0 Å². The topological polar surface area (TPSA) is 41.6 Å². The first kappa shape index (κ1) is 20.7. The van der Waals surface area contributed by atoms with E-state index < -0.39 is 0 Å². The summed E-state index contributed by atoms with van der Waals surface area (Å²) in [6, 6.07) is 15.9. The molecule has 2 aromatic rings. The molecule has 4 nitrogen and oxygen atoms in total. The molecule has 0 atom stereocenters. The molecule has 1 aliphatic heterocycles. The van der Waals surface area contributed by atoms with Crippen LogP contribution in [0.15, 0.2) is 48.5 Å². The number of carbonyl (C=O) groups is 1. The lowest BCUT2D eigenvalue weighted by atomic mass is 9.95. The second kappa shape index (κ2) is 9.94. The Morgan fingerprint density at radius 1 is 1.14 bits per heavy atom. The number of carbonyl (C=O) groups excluding carboxylic acids is 1. The van der Waals surface area contributed by atoms with Gasteiger partial charge in [0.2, 0.25) is 5.91 Å². The highest BCUT2D eigenvalue weighted by Crippen LogP contribution is 2.21. The van der Waals surface area contributed by atoms with Gasteiger partial charge in [0, 0.05) is 24.0 Å². The average Bonchev–Trinajstić information content (AvgIpc) is 2.67. The number of ether oxygens (including phenoxy) is 1. The summed E-state index contributed by atoms with van der Waals surface area (Å²) in [5, 5.41) is 3.86. The first-order chi connectivity index (χ1) is 13.5. The highest BCUT2D eigenvalue weighted by atomic mass is 35.5. The lowest BCUT2D eigenvalue weighted by Gasteiger charge is -2.31. The van der Waals surface area contributed by atoms with E-state index in [9.17, 15) is 4.79 Å². The van der Waals surface area contributed by atoms with Crippen molar-refractivity contribution in [3.05, 3.63) is 64.7 Å². The Bertz CT molecular complexity index is 768. The molecule has 0 unspecified atom stereocenters. The maximum atomic E-state index is 12.5. The Labute approximate surface area is 172 Å². The maximum absolute atomic E-state index is 12.5. The molecule has 3 rings (SSSR count). The lowest BCUT2D eigenvalue weighted by molar-refractivity contribution is -0.126. The number of benzene rings is 2. The van der Waals surface area contributed by atoms with E-state index in [2.05, 4.69) is 16.3 Å². The Kier molecular flexibility index (Phi) is 7.35. The third-order valence-electron chi connectivity index (χ3n) is 5.02. The average molecular weight is 401 g/mol. The molecule has 1 saturated heterocycles. The van der Waals surface area contributed by atoms with Gasteiger partial charge in [-0.15, -0.1) is 0 Å². The predicted octanol–water partition coefficient (Wildman–Crippen LogP) is 4.66. The summed E-state index contributed by atoms with van der Waals surface area (Å²) in [6.07, 6.45) is 1.96. The van der Waals surface area contributed by atoms with Crippen LogP contribution in [0.25, 0.3) is 0 Å². The molecule has 0 aromatic heterocycles. The molecule has 1 aliphatic rings. The maximum Gasteiger partial charge on any atom is 0.223 e. The standard InChI is InChI=1S/C23H29ClN2O2/c1-17(2)28-22-8-6-18(7-9-22)15-25-23(27)20-10-12-26(13-11-20)16-19-4-3-5-21(24)14-19/h3-9,14,17,20H,10-13,15-16H2,1-2H3,(H,25,27). The number of hydrogen-bond donors (Lipinski definition) is 1. The molecular formula is C23H29ClN2O2. The van der Waals surface area contributed by atoms with E-state index in [1.807, 2.05) is 56.3 Å². The third-order valence-corrected chi connectivity index (χ3v) is 5.25. The molecule has 28 heavy (non-hydrogen) atoms. The Morgan fingerprint density at radius 2 is 1.86 bits per heavy atom. The van der Waals surface area contributed by atoms with Crippen LogP contribution in [0.2, 0.25) is 5.02 Å². The molecular weight excluding hydrogens is 372 g/mol. The zero-order valence-corrected chi connectivity index (χ0v) is 17.4. The van der Waals surface area contributed by atoms with E-state index in [1.165, 1.54) is 5.56 Å². The van der Waals surface area contributed by atoms with Gasteiger partial charge in [0.25, 0.3) is 0 Å². The van der Waals surface area contributed by atoms with E-state index in [0.717, 1.165) is 48.8 Å². The first-order valence-corrected chi connectivity index (χ1v) is 10.4. The number of hydrogen-bond acceptors (Lipinski definition) is 3. The molecule has 0 spiro atoms. The summed E-state index contributed by atoms with van der Waals surface area (Å²) >= 11 is 6.06. The molecule has 2 aromatic carbocycles. The highest BCUT2D eigenvalue weighted by Gasteiger charge is 2.24. The van der Waals surface area contributed by atoms with Gasteiger partial charge in [-0.25, -0.2) is 0 Å². The molecule has 0 bridgehead atoms. The zero-order valence-electron chi connectivity index (χ0n) is 16.7. The number of nitrogens with zero attached hydrogens (tertiary/aromatic N) is 1. The van der Waals surface area contributed by atoms with Gasteiger partial charge in [-0.1, -0.05) is 35.9 Å². The fourth-order valence-corrected chi connectivity index (χ4v) is 3.75. The smallest absolute Gasteiger partial charge is 0.223 e. The minimum atomic E-state index is 0.0964. The van der Waals surface area contributed by atoms with Gasteiger partial charge in [-0.2, -0.15) is 0 Å². The number of amides is 1. The summed E-state index contributed by atoms with van der Waals surface area (Å²) in [7, 11) is 0. The summed E-state index contributed by atoms with van der Waals surface area (Å²) < 4.78 is 5.65. The number of rotatable bonds is 7. The highest BCUT2D eigenvalue weighted by molar-refractivity contribution is 6.30. The normalized spacial score (nSPS) is 15.6. The van der Waals surface area contributed by atoms with Crippen molar-refractivity contribution >= 4 is 17.5 Å². The fraction of sp³-hybridized carbons (Fsp3) is 0.435. The van der Waals surface area contributed by atoms with Crippen LogP contribution < -0.4 is 10.1 Å². The quantitative estimate of drug-likeness (QED) is 0.735. The van der Waals surface area contributed by atoms with Crippen LogP contribution in [0.3, 0.4) is 0 Å². The number of likely N-dealkylation sites (tertiary alicyclic amines) is 1. The van der Waals surface area contributed by atoms with Gasteiger partial charge in [0.1, 0.15) is 5.75 Å². The van der Waals surface area contributed by atoms with E-state index in [0.29, 0.717) is 6.54 Å². The monoisotopic (exact) mass is 400 g/mol. The summed E-state index contributed by atoms with van der Waals surface area (Å²) in [5.41, 5.74) is 2.31. The molecule has 1 heterocycles. The number of nitrogens with one attached hydrogen (secondary N) is 1. The summed E-state index contributed by atoms with van der Waals surface area (Å²) in [6.45, 7) is 7.34. The van der Waals surface area contributed by atoms with E-state index >= 15 is 0 Å². The van der Waals surface area contributed by atoms with Gasteiger partial charge >= 0.3 is 0 Å². The largest absolute Gasteiger partial charge is 0.491 e. The Balaban J connectivity index is 1.41. The molecule has 1 amide bonds. The van der Waals surface area contributed by atoms with Crippen LogP contribution in [0.5, 0.6) is 5.75 Å². The predicted molar refractivity (Wildman–Crippen MR) is 114 cm³/mol. The summed E-state index contributed by atoms with van der Waals surface area (Å²) in [5.74, 6) is 1.11. The van der Waals surface area contributed by atoms with Crippen LogP contribution >= 0.6 is 11.6 Å². The Hall–Kier alpha value is -2.04. The molecule has 1 fully saturated rings. The Morgan fingerprint density at radius 3 is 2.50 bits per heavy atom. The molecule has 0 aliphatic carbocycles. The lowest BCUT2D eigenvalue weighted by Crippen LogP contribution is -2.40. The minimum absolute atomic E-state index is 0.0964. The summed E-state index contributed by atoms with van der Waals surface area (Å²) in [4.78, 5) is 14.9. The van der Waals surface area contributed by atoms with Crippen molar-refractivity contribution in [2.75, 3.05) is 13.1 Å². The number of halogens is 1. The molecule has 5 heteroatoms. The van der Waals surface area contributed by atoms with Crippen molar-refractivity contribution < 1.29 is 9.53 Å². The van der Waals surface area contributed by atoms with Crippen molar-refractivity contribution in [2.24, 2.45) is 5.92 Å². The number of piperidine rings is 1. The second-order valence-corrected chi connectivity index (χ2v) is 8.15. The van der Waals surface area contributed by atoms with Crippen LogP contribution in [-0.2, 0) is 17.9 Å². The van der Waals surface area contributed by atoms with Crippen LogP contribution in [0, 0.1) is 5.92 Å². The van der Waals surface area contributed by atoms with E-state index in [4.69, 9.17) is 16.3 Å². The molecule has 150 valence electrons. The van der Waals surface area contributed by atoms with Crippen molar-refractivity contribution in [1.29, 1.82) is 0 Å². The van der Waals surface area contributed by atoms with Gasteiger partial charge in [0.05, 0.1) is 6.10 Å². The minimum Gasteiger partial charge on any atom is -0.491 e. The SMILES string of the molecule is CC(C)Oc1ccc(CNC(=O)C2CCN(Cc3cccc(Cl)c3)CC2)cc1. The van der Waals surface area contributed by atoms with Crippen molar-refractivity contribution in [2.45, 2.75) is 45.9 Å². The van der Waals surface area contributed by atoms with Crippen LogP contribution in [0.1, 0.15) is 37.8 Å². The van der Waals surface area contributed by atoms with Crippen molar-refractivity contribution in [3.8, 4) is 5.75 Å².